The van der Waals surface area contributed by atoms with Gasteiger partial charge in [0.2, 0.25) is 0 Å². The summed E-state index contributed by atoms with van der Waals surface area (Å²) in [6.07, 6.45) is 1.70. The van der Waals surface area contributed by atoms with E-state index in [1.807, 2.05) is 78.2 Å². The molecule has 2 saturated heterocycles. The van der Waals surface area contributed by atoms with Crippen LogP contribution in [0, 0.1) is 0 Å². The first kappa shape index (κ1) is 33.7. The average Bonchev–Trinajstić information content (AvgIpc) is 3.50. The minimum absolute atomic E-state index is 0.00172. The highest BCUT2D eigenvalue weighted by Gasteiger charge is 2.34. The highest BCUT2D eigenvalue weighted by molar-refractivity contribution is 5.75. The predicted octanol–water partition coefficient (Wildman–Crippen LogP) is 6.19. The van der Waals surface area contributed by atoms with E-state index in [9.17, 15) is 14.7 Å². The molecule has 1 aromatic heterocycles. The number of carbonyl (C=O) groups is 1. The smallest absolute Gasteiger partial charge is 0.326 e. The summed E-state index contributed by atoms with van der Waals surface area (Å²) in [6.45, 7) is 5.41. The van der Waals surface area contributed by atoms with Crippen molar-refractivity contribution in [3.8, 4) is 11.1 Å². The molecule has 0 saturated carbocycles. The van der Waals surface area contributed by atoms with E-state index in [1.165, 1.54) is 0 Å². The topological polar surface area (TPSA) is 121 Å². The van der Waals surface area contributed by atoms with Crippen LogP contribution in [0.25, 0.3) is 22.2 Å². The van der Waals surface area contributed by atoms with Gasteiger partial charge in [-0.2, -0.15) is 0 Å². The Morgan fingerprint density at radius 2 is 1.60 bits per heavy atom. The fourth-order valence-corrected chi connectivity index (χ4v) is 7.29. The molecule has 3 heterocycles. The summed E-state index contributed by atoms with van der Waals surface area (Å²) < 4.78 is 15.2. The number of amides is 2. The molecule has 4 N–H and O–H groups in total. The first-order valence-electron chi connectivity index (χ1n) is 17.6. The number of para-hydroxylation sites is 2. The van der Waals surface area contributed by atoms with Gasteiger partial charge >= 0.3 is 11.7 Å². The van der Waals surface area contributed by atoms with Crippen LogP contribution in [0.15, 0.2) is 102 Å². The van der Waals surface area contributed by atoms with Gasteiger partial charge in [-0.1, -0.05) is 84.9 Å². The number of aromatic amines is 1. The number of nitrogens with one attached hydrogen (secondary N) is 3. The van der Waals surface area contributed by atoms with E-state index < -0.39 is 6.29 Å². The zero-order valence-corrected chi connectivity index (χ0v) is 28.4. The van der Waals surface area contributed by atoms with Crippen LogP contribution in [0.4, 0.5) is 4.79 Å². The number of ether oxygens (including phenoxy) is 2. The van der Waals surface area contributed by atoms with Gasteiger partial charge in [0.25, 0.3) is 0 Å². The monoisotopic (exact) mass is 675 g/mol. The molecule has 0 unspecified atom stereocenters. The second-order valence-electron chi connectivity index (χ2n) is 13.2. The molecule has 260 valence electrons. The second kappa shape index (κ2) is 15.4. The number of nitrogens with zero attached hydrogens (tertiary/aromatic N) is 2. The van der Waals surface area contributed by atoms with Crippen LogP contribution in [0.3, 0.4) is 0 Å². The number of piperidine rings is 1. The number of hydrogen-bond donors (Lipinski definition) is 4. The van der Waals surface area contributed by atoms with E-state index in [0.29, 0.717) is 19.5 Å². The van der Waals surface area contributed by atoms with Gasteiger partial charge < -0.3 is 35.1 Å². The number of aliphatic hydroxyl groups excluding tert-OH is 1. The summed E-state index contributed by atoms with van der Waals surface area (Å²) >= 11 is 0. The third-order valence-electron chi connectivity index (χ3n) is 9.91. The van der Waals surface area contributed by atoms with Gasteiger partial charge in [0.05, 0.1) is 29.8 Å². The number of urea groups is 1. The van der Waals surface area contributed by atoms with Gasteiger partial charge in [-0.15, -0.1) is 0 Å². The molecule has 0 bridgehead atoms. The van der Waals surface area contributed by atoms with Gasteiger partial charge in [0.15, 0.2) is 6.29 Å². The molecule has 2 amide bonds. The van der Waals surface area contributed by atoms with Crippen molar-refractivity contribution in [3.63, 3.8) is 0 Å². The second-order valence-corrected chi connectivity index (χ2v) is 13.2. The molecular weight excluding hydrogens is 630 g/mol. The molecular formula is C40H45N5O5. The molecule has 2 aliphatic heterocycles. The van der Waals surface area contributed by atoms with Crippen molar-refractivity contribution in [2.75, 3.05) is 26.2 Å². The first-order chi connectivity index (χ1) is 24.5. The SMILES string of the molecule is CCNC(=O)NCc1ccccc1-c1ccc([C@H]2O[C@@H](CN3CCC(n4c(=O)[nH]c5ccccc54)CC3)C[C@@H](c3ccc(CO)cc3)O2)cc1. The van der Waals surface area contributed by atoms with E-state index in [4.69, 9.17) is 9.47 Å². The molecule has 50 heavy (non-hydrogen) atoms. The Balaban J connectivity index is 1.06. The van der Waals surface area contributed by atoms with Crippen molar-refractivity contribution >= 4 is 17.1 Å². The van der Waals surface area contributed by atoms with Crippen molar-refractivity contribution in [2.45, 2.75) is 63.9 Å². The largest absolute Gasteiger partial charge is 0.392 e. The number of benzene rings is 4. The van der Waals surface area contributed by atoms with Gasteiger partial charge in [-0.05, 0) is 59.7 Å². The van der Waals surface area contributed by atoms with Gasteiger partial charge in [-0.25, -0.2) is 9.59 Å². The van der Waals surface area contributed by atoms with Crippen LogP contribution in [0.5, 0.6) is 0 Å². The number of imidazole rings is 1. The highest BCUT2D eigenvalue weighted by Crippen LogP contribution is 2.39. The van der Waals surface area contributed by atoms with Crippen molar-refractivity contribution in [3.05, 3.63) is 130 Å². The number of carbonyl (C=O) groups excluding carboxylic acids is 1. The Morgan fingerprint density at radius 3 is 2.36 bits per heavy atom. The lowest BCUT2D eigenvalue weighted by atomic mass is 9.97. The number of H-pyrrole nitrogens is 1. The zero-order valence-electron chi connectivity index (χ0n) is 28.4. The number of rotatable bonds is 10. The normalized spacial score (nSPS) is 20.2. The van der Waals surface area contributed by atoms with E-state index in [-0.39, 0.29) is 36.6 Å². The van der Waals surface area contributed by atoms with Crippen LogP contribution in [-0.4, -0.2) is 57.9 Å². The lowest BCUT2D eigenvalue weighted by Crippen LogP contribution is -2.43. The third-order valence-corrected chi connectivity index (χ3v) is 9.91. The Hall–Kier alpha value is -4.74. The standard InChI is InChI=1S/C40H45N5O5/c1-2-41-39(47)42-24-31-7-3-4-8-34(31)28-15-17-30(18-16-28)38-49-33(23-37(50-38)29-13-11-27(26-46)12-14-29)25-44-21-19-32(20-22-44)45-36-10-6-5-9-35(36)43-40(45)48/h3-18,32-33,37-38,46H,2,19-26H2,1H3,(H,43,48)(H2,41,42,47)/t33-,37+,38+/m1/s1. The average molecular weight is 676 g/mol. The van der Waals surface area contributed by atoms with Crippen LogP contribution >= 0.6 is 0 Å². The molecule has 0 radical (unpaired) electrons. The highest BCUT2D eigenvalue weighted by atomic mass is 16.7. The molecule has 3 atom stereocenters. The summed E-state index contributed by atoms with van der Waals surface area (Å²) in [5.74, 6) is 0. The van der Waals surface area contributed by atoms with Crippen molar-refractivity contribution < 1.29 is 19.4 Å². The molecule has 4 aromatic carbocycles. The summed E-state index contributed by atoms with van der Waals surface area (Å²) in [6, 6.07) is 32.2. The van der Waals surface area contributed by atoms with Crippen molar-refractivity contribution in [1.82, 2.24) is 25.1 Å². The van der Waals surface area contributed by atoms with Crippen LogP contribution in [-0.2, 0) is 22.6 Å². The lowest BCUT2D eigenvalue weighted by molar-refractivity contribution is -0.253. The Morgan fingerprint density at radius 1 is 0.880 bits per heavy atom. The fraction of sp³-hybridized carbons (Fsp3) is 0.350. The minimum Gasteiger partial charge on any atom is -0.392 e. The van der Waals surface area contributed by atoms with Crippen LogP contribution in [0.2, 0.25) is 0 Å². The summed E-state index contributed by atoms with van der Waals surface area (Å²) in [7, 11) is 0. The Labute approximate surface area is 292 Å². The number of aliphatic hydroxyl groups is 1. The molecule has 0 spiro atoms. The lowest BCUT2D eigenvalue weighted by Gasteiger charge is -2.40. The quantitative estimate of drug-likeness (QED) is 0.140. The van der Waals surface area contributed by atoms with Crippen LogP contribution in [0.1, 0.15) is 66.9 Å². The maximum absolute atomic E-state index is 12.8. The molecule has 10 heteroatoms. The first-order valence-corrected chi connectivity index (χ1v) is 17.6. The fourth-order valence-electron chi connectivity index (χ4n) is 7.29. The maximum Gasteiger partial charge on any atom is 0.326 e. The van der Waals surface area contributed by atoms with E-state index in [1.54, 1.807) is 0 Å². The molecule has 5 aromatic rings. The van der Waals surface area contributed by atoms with E-state index >= 15 is 0 Å². The van der Waals surface area contributed by atoms with Crippen molar-refractivity contribution in [1.29, 1.82) is 0 Å². The summed E-state index contributed by atoms with van der Waals surface area (Å²) in [5.41, 5.74) is 7.79. The number of likely N-dealkylation sites (tertiary alicyclic amines) is 1. The van der Waals surface area contributed by atoms with Gasteiger partial charge in [0.1, 0.15) is 0 Å². The van der Waals surface area contributed by atoms with Gasteiger partial charge in [-0.3, -0.25) is 4.57 Å². The molecule has 0 aliphatic carbocycles. The van der Waals surface area contributed by atoms with Crippen molar-refractivity contribution in [2.24, 2.45) is 0 Å². The number of aromatic nitrogens is 2. The van der Waals surface area contributed by atoms with E-state index in [0.717, 1.165) is 76.9 Å². The van der Waals surface area contributed by atoms with Gasteiger partial charge in [0, 0.05) is 50.7 Å². The predicted molar refractivity (Wildman–Crippen MR) is 193 cm³/mol. The summed E-state index contributed by atoms with van der Waals surface area (Å²) in [4.78, 5) is 30.3. The third kappa shape index (κ3) is 7.53. The number of fused-ring (bicyclic) bond motifs is 1. The van der Waals surface area contributed by atoms with Crippen LogP contribution < -0.4 is 16.3 Å². The number of hydrogen-bond acceptors (Lipinski definition) is 6. The molecule has 10 nitrogen and oxygen atoms in total. The summed E-state index contributed by atoms with van der Waals surface area (Å²) in [5, 5.41) is 15.3. The molecule has 7 rings (SSSR count). The zero-order chi connectivity index (χ0) is 34.5. The molecule has 2 aliphatic rings. The molecule has 2 fully saturated rings. The maximum atomic E-state index is 12.8. The van der Waals surface area contributed by atoms with E-state index in [2.05, 4.69) is 50.8 Å². The Bertz CT molecular complexity index is 1950. The Kier molecular flexibility index (Phi) is 10.4. The minimum atomic E-state index is -0.553.